The van der Waals surface area contributed by atoms with Crippen LogP contribution in [0.2, 0.25) is 0 Å². The van der Waals surface area contributed by atoms with Gasteiger partial charge in [0.25, 0.3) is 0 Å². The van der Waals surface area contributed by atoms with Crippen molar-refractivity contribution in [1.82, 2.24) is 10.2 Å². The molecule has 1 saturated carbocycles. The largest absolute Gasteiger partial charge is 0.314 e. The molecule has 0 spiro atoms. The number of piperidine rings is 1. The van der Waals surface area contributed by atoms with E-state index < -0.39 is 0 Å². The molecule has 2 heteroatoms. The molecule has 112 valence electrons. The second-order valence-electron chi connectivity index (χ2n) is 7.16. The van der Waals surface area contributed by atoms with E-state index >= 15 is 0 Å². The van der Waals surface area contributed by atoms with Crippen molar-refractivity contribution < 1.29 is 0 Å². The zero-order chi connectivity index (χ0) is 13.7. The molecular weight excluding hydrogens is 232 g/mol. The molecule has 1 heterocycles. The summed E-state index contributed by atoms with van der Waals surface area (Å²) < 4.78 is 0. The lowest BCUT2D eigenvalue weighted by molar-refractivity contribution is 0.0612. The molecule has 2 nitrogen and oxygen atoms in total. The Morgan fingerprint density at radius 3 is 2.21 bits per heavy atom. The third kappa shape index (κ3) is 4.19. The molecule has 19 heavy (non-hydrogen) atoms. The maximum atomic E-state index is 3.70. The van der Waals surface area contributed by atoms with E-state index in [0.29, 0.717) is 5.41 Å². The minimum Gasteiger partial charge on any atom is -0.314 e. The highest BCUT2D eigenvalue weighted by Gasteiger charge is 2.32. The smallest absolute Gasteiger partial charge is 0.00964 e. The van der Waals surface area contributed by atoms with Crippen molar-refractivity contribution in [1.29, 1.82) is 0 Å². The standard InChI is InChI=1S/C17H34N2/c1-4-12-18-15-6-8-16(9-7-15)19-13-10-17(3,5-2)11-14-19/h15-16,18H,4-14H2,1-3H3. The molecule has 1 aliphatic heterocycles. The highest BCUT2D eigenvalue weighted by Crippen LogP contribution is 2.36. The predicted octanol–water partition coefficient (Wildman–Crippen LogP) is 3.81. The maximum Gasteiger partial charge on any atom is 0.00964 e. The molecule has 0 bridgehead atoms. The lowest BCUT2D eigenvalue weighted by atomic mass is 9.77. The van der Waals surface area contributed by atoms with Gasteiger partial charge in [0.1, 0.15) is 0 Å². The molecule has 1 N–H and O–H groups in total. The minimum atomic E-state index is 0.635. The molecule has 0 aromatic heterocycles. The first-order valence-corrected chi connectivity index (χ1v) is 8.64. The van der Waals surface area contributed by atoms with E-state index in [9.17, 15) is 0 Å². The van der Waals surface area contributed by atoms with Crippen LogP contribution in [0.4, 0.5) is 0 Å². The zero-order valence-electron chi connectivity index (χ0n) is 13.4. The van der Waals surface area contributed by atoms with Gasteiger partial charge in [0.2, 0.25) is 0 Å². The van der Waals surface area contributed by atoms with Crippen LogP contribution in [0.15, 0.2) is 0 Å². The lowest BCUT2D eigenvalue weighted by Gasteiger charge is -2.44. The van der Waals surface area contributed by atoms with Crippen molar-refractivity contribution in [2.24, 2.45) is 5.41 Å². The highest BCUT2D eigenvalue weighted by atomic mass is 15.2. The van der Waals surface area contributed by atoms with E-state index in [1.54, 1.807) is 0 Å². The molecule has 0 amide bonds. The van der Waals surface area contributed by atoms with Gasteiger partial charge in [-0.15, -0.1) is 0 Å². The van der Waals surface area contributed by atoms with Crippen LogP contribution in [0.5, 0.6) is 0 Å². The van der Waals surface area contributed by atoms with Crippen LogP contribution in [0, 0.1) is 5.41 Å². The topological polar surface area (TPSA) is 15.3 Å². The third-order valence-electron chi connectivity index (χ3n) is 5.75. The third-order valence-corrected chi connectivity index (χ3v) is 5.75. The molecular formula is C17H34N2. The summed E-state index contributed by atoms with van der Waals surface area (Å²) in [5.41, 5.74) is 0.635. The number of nitrogens with zero attached hydrogens (tertiary/aromatic N) is 1. The minimum absolute atomic E-state index is 0.635. The van der Waals surface area contributed by atoms with E-state index in [1.807, 2.05) is 0 Å². The fraction of sp³-hybridized carbons (Fsp3) is 1.00. The normalized spacial score (nSPS) is 32.4. The van der Waals surface area contributed by atoms with E-state index in [0.717, 1.165) is 12.1 Å². The Balaban J connectivity index is 1.71. The van der Waals surface area contributed by atoms with Gasteiger partial charge in [0.05, 0.1) is 0 Å². The molecule has 0 aromatic carbocycles. The Morgan fingerprint density at radius 2 is 1.68 bits per heavy atom. The van der Waals surface area contributed by atoms with Gasteiger partial charge in [-0.25, -0.2) is 0 Å². The monoisotopic (exact) mass is 266 g/mol. The van der Waals surface area contributed by atoms with Crippen LogP contribution in [0.3, 0.4) is 0 Å². The summed E-state index contributed by atoms with van der Waals surface area (Å²) in [4.78, 5) is 2.80. The Kier molecular flexibility index (Phi) is 5.70. The summed E-state index contributed by atoms with van der Waals surface area (Å²) in [5.74, 6) is 0. The average molecular weight is 266 g/mol. The molecule has 2 fully saturated rings. The molecule has 1 saturated heterocycles. The van der Waals surface area contributed by atoms with E-state index in [1.165, 1.54) is 71.0 Å². The Bertz CT molecular complexity index is 248. The van der Waals surface area contributed by atoms with Gasteiger partial charge in [-0.2, -0.15) is 0 Å². The first-order valence-electron chi connectivity index (χ1n) is 8.64. The van der Waals surface area contributed by atoms with Gasteiger partial charge in [-0.05, 0) is 70.0 Å². The van der Waals surface area contributed by atoms with E-state index in [-0.39, 0.29) is 0 Å². The fourth-order valence-electron chi connectivity index (χ4n) is 3.78. The SMILES string of the molecule is CCCNC1CCC(N2CCC(C)(CC)CC2)CC1. The Labute approximate surface area is 120 Å². The van der Waals surface area contributed by atoms with E-state index in [2.05, 4.69) is 31.0 Å². The van der Waals surface area contributed by atoms with Gasteiger partial charge in [-0.3, -0.25) is 0 Å². The summed E-state index contributed by atoms with van der Waals surface area (Å²) in [6, 6.07) is 1.70. The van der Waals surface area contributed by atoms with Crippen molar-refractivity contribution in [3.8, 4) is 0 Å². The molecule has 0 unspecified atom stereocenters. The van der Waals surface area contributed by atoms with Crippen LogP contribution in [0.25, 0.3) is 0 Å². The first-order chi connectivity index (χ1) is 9.17. The zero-order valence-corrected chi connectivity index (χ0v) is 13.4. The van der Waals surface area contributed by atoms with Crippen molar-refractivity contribution in [3.05, 3.63) is 0 Å². The fourth-order valence-corrected chi connectivity index (χ4v) is 3.78. The molecule has 2 aliphatic rings. The van der Waals surface area contributed by atoms with Crippen LogP contribution in [-0.4, -0.2) is 36.6 Å². The Morgan fingerprint density at radius 1 is 1.05 bits per heavy atom. The number of hydrogen-bond acceptors (Lipinski definition) is 2. The number of likely N-dealkylation sites (tertiary alicyclic amines) is 1. The van der Waals surface area contributed by atoms with Crippen LogP contribution in [-0.2, 0) is 0 Å². The van der Waals surface area contributed by atoms with Crippen LogP contribution < -0.4 is 5.32 Å². The van der Waals surface area contributed by atoms with Crippen LogP contribution >= 0.6 is 0 Å². The van der Waals surface area contributed by atoms with Crippen molar-refractivity contribution in [2.45, 2.75) is 84.2 Å². The molecule has 1 aliphatic carbocycles. The van der Waals surface area contributed by atoms with Gasteiger partial charge in [-0.1, -0.05) is 27.2 Å². The Hall–Kier alpha value is -0.0800. The van der Waals surface area contributed by atoms with Crippen molar-refractivity contribution in [2.75, 3.05) is 19.6 Å². The van der Waals surface area contributed by atoms with Gasteiger partial charge < -0.3 is 10.2 Å². The van der Waals surface area contributed by atoms with Crippen molar-refractivity contribution in [3.63, 3.8) is 0 Å². The average Bonchev–Trinajstić information content (AvgIpc) is 2.47. The number of rotatable bonds is 5. The molecule has 0 radical (unpaired) electrons. The summed E-state index contributed by atoms with van der Waals surface area (Å²) in [7, 11) is 0. The quantitative estimate of drug-likeness (QED) is 0.814. The van der Waals surface area contributed by atoms with Gasteiger partial charge in [0, 0.05) is 12.1 Å². The second-order valence-corrected chi connectivity index (χ2v) is 7.16. The first kappa shape index (κ1) is 15.3. The summed E-state index contributed by atoms with van der Waals surface area (Å²) in [6.45, 7) is 11.0. The van der Waals surface area contributed by atoms with Gasteiger partial charge >= 0.3 is 0 Å². The molecule has 0 aromatic rings. The summed E-state index contributed by atoms with van der Waals surface area (Å²) >= 11 is 0. The van der Waals surface area contributed by atoms with E-state index in [4.69, 9.17) is 0 Å². The van der Waals surface area contributed by atoms with Gasteiger partial charge in [0.15, 0.2) is 0 Å². The number of hydrogen-bond donors (Lipinski definition) is 1. The predicted molar refractivity (Wildman–Crippen MR) is 83.5 cm³/mol. The molecule has 2 rings (SSSR count). The second kappa shape index (κ2) is 7.08. The highest BCUT2D eigenvalue weighted by molar-refractivity contribution is 4.88. The summed E-state index contributed by atoms with van der Waals surface area (Å²) in [5, 5.41) is 3.70. The molecule has 0 atom stereocenters. The number of nitrogens with one attached hydrogen (secondary N) is 1. The van der Waals surface area contributed by atoms with Crippen LogP contribution in [0.1, 0.15) is 72.1 Å². The maximum absolute atomic E-state index is 3.70. The lowest BCUT2D eigenvalue weighted by Crippen LogP contribution is -2.47. The van der Waals surface area contributed by atoms with Crippen molar-refractivity contribution >= 4 is 0 Å². The summed E-state index contributed by atoms with van der Waals surface area (Å²) in [6.07, 6.45) is 11.1.